The third-order valence-corrected chi connectivity index (χ3v) is 5.71. The number of hydrogen-bond donors (Lipinski definition) is 0. The first-order chi connectivity index (χ1) is 9.81. The number of thiazole rings is 1. The lowest BCUT2D eigenvalue weighted by molar-refractivity contribution is -0.120. The number of thiophene rings is 1. The Balaban J connectivity index is 1.58. The lowest BCUT2D eigenvalue weighted by atomic mass is 9.83. The molecule has 5 heteroatoms. The lowest BCUT2D eigenvalue weighted by Crippen LogP contribution is -2.19. The van der Waals surface area contributed by atoms with Crippen LogP contribution in [-0.4, -0.2) is 15.2 Å². The van der Waals surface area contributed by atoms with Gasteiger partial charge in [0.25, 0.3) is 0 Å². The molecule has 0 aliphatic heterocycles. The summed E-state index contributed by atoms with van der Waals surface area (Å²) in [7, 11) is 0. The Morgan fingerprint density at radius 3 is 3.25 bits per heavy atom. The van der Waals surface area contributed by atoms with Gasteiger partial charge < -0.3 is 0 Å². The van der Waals surface area contributed by atoms with Gasteiger partial charge in [-0.25, -0.2) is 4.98 Å². The smallest absolute Gasteiger partial charge is 0.193 e. The monoisotopic (exact) mass is 302 g/mol. The molecule has 0 saturated carbocycles. The molecule has 0 radical (unpaired) electrons. The molecule has 3 heterocycles. The highest BCUT2D eigenvalue weighted by atomic mass is 32.1. The van der Waals surface area contributed by atoms with E-state index in [2.05, 4.69) is 16.4 Å². The van der Waals surface area contributed by atoms with Crippen molar-refractivity contribution in [2.24, 2.45) is 0 Å². The summed E-state index contributed by atoms with van der Waals surface area (Å²) in [6.07, 6.45) is 7.66. The molecular weight excluding hydrogens is 288 g/mol. The molecule has 20 heavy (non-hydrogen) atoms. The summed E-state index contributed by atoms with van der Waals surface area (Å²) in [5, 5.41) is 4.12. The first kappa shape index (κ1) is 12.3. The van der Waals surface area contributed by atoms with Gasteiger partial charge in [-0.15, -0.1) is 22.7 Å². The second-order valence-corrected chi connectivity index (χ2v) is 7.09. The van der Waals surface area contributed by atoms with E-state index < -0.39 is 0 Å². The molecule has 0 saturated heterocycles. The number of fused-ring (bicyclic) bond motifs is 2. The van der Waals surface area contributed by atoms with Crippen LogP contribution >= 0.6 is 22.7 Å². The topological polar surface area (TPSA) is 34.4 Å². The minimum absolute atomic E-state index is 0.0877. The average molecular weight is 302 g/mol. The van der Waals surface area contributed by atoms with Gasteiger partial charge in [-0.1, -0.05) is 0 Å². The maximum Gasteiger partial charge on any atom is 0.193 e. The second kappa shape index (κ2) is 4.82. The predicted octanol–water partition coefficient (Wildman–Crippen LogP) is 3.69. The minimum atomic E-state index is 0.0877. The fraction of sp³-hybridized carbons (Fsp3) is 0.333. The van der Waals surface area contributed by atoms with Gasteiger partial charge in [0.15, 0.2) is 4.96 Å². The molecule has 0 bridgehead atoms. The van der Waals surface area contributed by atoms with Crippen molar-refractivity contribution >= 4 is 33.4 Å². The number of hydrogen-bond acceptors (Lipinski definition) is 4. The maximum absolute atomic E-state index is 12.6. The van der Waals surface area contributed by atoms with Crippen molar-refractivity contribution in [2.45, 2.75) is 31.6 Å². The van der Waals surface area contributed by atoms with E-state index in [1.165, 1.54) is 10.4 Å². The van der Waals surface area contributed by atoms with E-state index >= 15 is 0 Å². The summed E-state index contributed by atoms with van der Waals surface area (Å²) >= 11 is 3.39. The number of rotatable bonds is 3. The van der Waals surface area contributed by atoms with E-state index in [0.717, 1.165) is 29.9 Å². The van der Waals surface area contributed by atoms with Crippen LogP contribution < -0.4 is 0 Å². The van der Waals surface area contributed by atoms with Crippen LogP contribution in [0.5, 0.6) is 0 Å². The Hall–Kier alpha value is -1.46. The molecule has 0 spiro atoms. The van der Waals surface area contributed by atoms with Crippen molar-refractivity contribution in [1.82, 2.24) is 9.38 Å². The SMILES string of the molecule is O=C(Cc1cn2ccsc2n1)C1CCCc2sccc21. The van der Waals surface area contributed by atoms with Gasteiger partial charge in [0.2, 0.25) is 0 Å². The van der Waals surface area contributed by atoms with Crippen molar-refractivity contribution in [3.05, 3.63) is 45.4 Å². The molecule has 0 aromatic carbocycles. The Morgan fingerprint density at radius 1 is 1.40 bits per heavy atom. The molecule has 1 aliphatic rings. The van der Waals surface area contributed by atoms with Gasteiger partial charge in [0.1, 0.15) is 5.78 Å². The van der Waals surface area contributed by atoms with Crippen LogP contribution in [0.4, 0.5) is 0 Å². The van der Waals surface area contributed by atoms with Crippen molar-refractivity contribution in [3.8, 4) is 0 Å². The zero-order valence-corrected chi connectivity index (χ0v) is 12.5. The molecule has 1 atom stereocenters. The molecule has 3 aromatic heterocycles. The molecule has 1 unspecified atom stereocenters. The summed E-state index contributed by atoms with van der Waals surface area (Å²) < 4.78 is 1.99. The van der Waals surface area contributed by atoms with E-state index in [1.54, 1.807) is 22.7 Å². The summed E-state index contributed by atoms with van der Waals surface area (Å²) in [5.74, 6) is 0.403. The quantitative estimate of drug-likeness (QED) is 0.739. The van der Waals surface area contributed by atoms with Crippen LogP contribution in [-0.2, 0) is 17.6 Å². The summed E-state index contributed by atoms with van der Waals surface area (Å²) in [5.41, 5.74) is 2.16. The van der Waals surface area contributed by atoms with Gasteiger partial charge in [-0.3, -0.25) is 9.20 Å². The Morgan fingerprint density at radius 2 is 2.35 bits per heavy atom. The molecule has 102 valence electrons. The number of carbonyl (C=O) groups excluding carboxylic acids is 1. The normalized spacial score (nSPS) is 18.3. The van der Waals surface area contributed by atoms with Crippen LogP contribution in [0.2, 0.25) is 0 Å². The molecule has 4 rings (SSSR count). The van der Waals surface area contributed by atoms with Crippen LogP contribution in [0, 0.1) is 0 Å². The highest BCUT2D eigenvalue weighted by Gasteiger charge is 2.27. The highest BCUT2D eigenvalue weighted by Crippen LogP contribution is 2.36. The number of aryl methyl sites for hydroxylation is 1. The lowest BCUT2D eigenvalue weighted by Gasteiger charge is -2.21. The van der Waals surface area contributed by atoms with E-state index in [9.17, 15) is 4.79 Å². The van der Waals surface area contributed by atoms with Gasteiger partial charge >= 0.3 is 0 Å². The zero-order chi connectivity index (χ0) is 13.5. The van der Waals surface area contributed by atoms with E-state index in [4.69, 9.17) is 0 Å². The third-order valence-electron chi connectivity index (χ3n) is 3.94. The molecule has 0 N–H and O–H groups in total. The molecular formula is C15H14N2OS2. The molecule has 3 aromatic rings. The van der Waals surface area contributed by atoms with Gasteiger partial charge in [-0.05, 0) is 36.3 Å². The standard InChI is InChI=1S/C15H14N2OS2/c18-13(8-10-9-17-5-7-20-15(17)16-10)11-2-1-3-14-12(11)4-6-19-14/h4-7,9,11H,1-3,8H2. The van der Waals surface area contributed by atoms with Crippen molar-refractivity contribution in [3.63, 3.8) is 0 Å². The molecule has 1 aliphatic carbocycles. The van der Waals surface area contributed by atoms with E-state index in [-0.39, 0.29) is 5.92 Å². The fourth-order valence-electron chi connectivity index (χ4n) is 2.98. The third kappa shape index (κ3) is 2.01. The van der Waals surface area contributed by atoms with Gasteiger partial charge in [-0.2, -0.15) is 0 Å². The number of imidazole rings is 1. The van der Waals surface area contributed by atoms with E-state index in [1.807, 2.05) is 22.2 Å². The van der Waals surface area contributed by atoms with Crippen molar-refractivity contribution in [2.75, 3.05) is 0 Å². The highest BCUT2D eigenvalue weighted by molar-refractivity contribution is 7.15. The summed E-state index contributed by atoms with van der Waals surface area (Å²) in [4.78, 5) is 19.5. The number of nitrogens with zero attached hydrogens (tertiary/aromatic N) is 2. The largest absolute Gasteiger partial charge is 0.299 e. The second-order valence-electron chi connectivity index (χ2n) is 5.21. The Kier molecular flexibility index (Phi) is 2.97. The maximum atomic E-state index is 12.6. The van der Waals surface area contributed by atoms with Crippen LogP contribution in [0.1, 0.15) is 34.9 Å². The number of ketones is 1. The van der Waals surface area contributed by atoms with Crippen molar-refractivity contribution < 1.29 is 4.79 Å². The van der Waals surface area contributed by atoms with E-state index in [0.29, 0.717) is 12.2 Å². The fourth-order valence-corrected chi connectivity index (χ4v) is 4.69. The van der Waals surface area contributed by atoms with Crippen molar-refractivity contribution in [1.29, 1.82) is 0 Å². The average Bonchev–Trinajstić information content (AvgIpc) is 3.11. The molecule has 3 nitrogen and oxygen atoms in total. The minimum Gasteiger partial charge on any atom is -0.299 e. The first-order valence-corrected chi connectivity index (χ1v) is 8.57. The van der Waals surface area contributed by atoms with Crippen LogP contribution in [0.3, 0.4) is 0 Å². The van der Waals surface area contributed by atoms with Crippen LogP contribution in [0.15, 0.2) is 29.2 Å². The summed E-state index contributed by atoms with van der Waals surface area (Å²) in [6, 6.07) is 2.13. The first-order valence-electron chi connectivity index (χ1n) is 6.81. The number of Topliss-reactive ketones (excluding diaryl/α,β-unsaturated/α-hetero) is 1. The number of aromatic nitrogens is 2. The van der Waals surface area contributed by atoms with Gasteiger partial charge in [0, 0.05) is 28.6 Å². The number of carbonyl (C=O) groups is 1. The zero-order valence-electron chi connectivity index (χ0n) is 10.9. The Bertz CT molecular complexity index is 739. The molecule has 0 fully saturated rings. The Labute approximate surface area is 124 Å². The van der Waals surface area contributed by atoms with Gasteiger partial charge in [0.05, 0.1) is 12.1 Å². The predicted molar refractivity (Wildman–Crippen MR) is 81.8 cm³/mol. The van der Waals surface area contributed by atoms with Crippen LogP contribution in [0.25, 0.3) is 4.96 Å². The summed E-state index contributed by atoms with van der Waals surface area (Å²) in [6.45, 7) is 0. The molecule has 0 amide bonds.